The van der Waals surface area contributed by atoms with Gasteiger partial charge in [0, 0.05) is 32.4 Å². The van der Waals surface area contributed by atoms with Gasteiger partial charge in [0.05, 0.1) is 22.8 Å². The van der Waals surface area contributed by atoms with Crippen LogP contribution in [0.5, 0.6) is 0 Å². The summed E-state index contributed by atoms with van der Waals surface area (Å²) in [5.41, 5.74) is 2.94. The molecule has 0 radical (unpaired) electrons. The zero-order valence-electron chi connectivity index (χ0n) is 19.1. The summed E-state index contributed by atoms with van der Waals surface area (Å²) < 4.78 is 0. The molecule has 4 aromatic rings. The predicted octanol–water partition coefficient (Wildman–Crippen LogP) is 4.44. The van der Waals surface area contributed by atoms with Crippen LogP contribution in [0.4, 0.5) is 23.0 Å². The van der Waals surface area contributed by atoms with Crippen molar-refractivity contribution >= 4 is 23.0 Å². The van der Waals surface area contributed by atoms with Crippen molar-refractivity contribution in [3.63, 3.8) is 0 Å². The van der Waals surface area contributed by atoms with Gasteiger partial charge in [0.25, 0.3) is 0 Å². The summed E-state index contributed by atoms with van der Waals surface area (Å²) in [5, 5.41) is 15.1. The lowest BCUT2D eigenvalue weighted by molar-refractivity contribution is -0.383. The van der Waals surface area contributed by atoms with Crippen LogP contribution in [0.1, 0.15) is 17.2 Å². The van der Waals surface area contributed by atoms with E-state index in [9.17, 15) is 10.1 Å². The molecule has 2 aromatic carbocycles. The van der Waals surface area contributed by atoms with Gasteiger partial charge in [-0.05, 0) is 23.3 Å². The van der Waals surface area contributed by atoms with E-state index in [2.05, 4.69) is 73.7 Å². The standard InChI is InChI=1S/C26H25N7O2/c34-33(35)24-25(30-22-12-7-13-27-18-22)28-19-29-26(24)32-16-14-31(15-17-32)23(20-8-3-1-4-9-20)21-10-5-2-6-11-21/h1-13,18-19,23H,14-17H2,(H,28,29,30). The van der Waals surface area contributed by atoms with Crippen LogP contribution in [0.25, 0.3) is 0 Å². The van der Waals surface area contributed by atoms with Crippen LogP contribution >= 0.6 is 0 Å². The van der Waals surface area contributed by atoms with Gasteiger partial charge in [0.2, 0.25) is 11.6 Å². The van der Waals surface area contributed by atoms with E-state index >= 15 is 0 Å². The lowest BCUT2D eigenvalue weighted by atomic mass is 9.96. The molecule has 176 valence electrons. The first-order valence-corrected chi connectivity index (χ1v) is 11.5. The minimum Gasteiger partial charge on any atom is -0.348 e. The fraction of sp³-hybridized carbons (Fsp3) is 0.192. The molecule has 0 atom stereocenters. The summed E-state index contributed by atoms with van der Waals surface area (Å²) in [4.78, 5) is 28.5. The number of hydrogen-bond acceptors (Lipinski definition) is 8. The molecule has 3 heterocycles. The van der Waals surface area contributed by atoms with Crippen LogP contribution in [0.3, 0.4) is 0 Å². The summed E-state index contributed by atoms with van der Waals surface area (Å²) in [7, 11) is 0. The summed E-state index contributed by atoms with van der Waals surface area (Å²) in [5.74, 6) is 0.480. The third-order valence-electron chi connectivity index (χ3n) is 6.12. The van der Waals surface area contributed by atoms with Crippen LogP contribution in [-0.2, 0) is 0 Å². The van der Waals surface area contributed by atoms with Gasteiger partial charge in [-0.15, -0.1) is 0 Å². The summed E-state index contributed by atoms with van der Waals surface area (Å²) in [6.07, 6.45) is 4.60. The van der Waals surface area contributed by atoms with Gasteiger partial charge in [0.1, 0.15) is 6.33 Å². The van der Waals surface area contributed by atoms with Gasteiger partial charge in [-0.25, -0.2) is 9.97 Å². The quantitative estimate of drug-likeness (QED) is 0.315. The Balaban J connectivity index is 1.39. The molecule has 0 aliphatic carbocycles. The summed E-state index contributed by atoms with van der Waals surface area (Å²) >= 11 is 0. The van der Waals surface area contributed by atoms with Crippen LogP contribution in [0.2, 0.25) is 0 Å². The number of nitrogens with zero attached hydrogens (tertiary/aromatic N) is 6. The molecule has 1 aliphatic rings. The molecular weight excluding hydrogens is 442 g/mol. The first-order valence-electron chi connectivity index (χ1n) is 11.5. The Morgan fingerprint density at radius 2 is 1.51 bits per heavy atom. The van der Waals surface area contributed by atoms with E-state index in [0.29, 0.717) is 24.6 Å². The number of rotatable bonds is 7. The smallest absolute Gasteiger partial charge is 0.348 e. The molecular formula is C26H25N7O2. The molecule has 1 fully saturated rings. The maximum Gasteiger partial charge on any atom is 0.353 e. The third kappa shape index (κ3) is 4.95. The Hall–Kier alpha value is -4.37. The lowest BCUT2D eigenvalue weighted by Gasteiger charge is -2.40. The topological polar surface area (TPSA) is 100 Å². The molecule has 1 aliphatic heterocycles. The Labute approximate surface area is 203 Å². The number of nitro groups is 1. The number of benzene rings is 2. The molecule has 0 saturated carbocycles. The number of anilines is 3. The minimum absolute atomic E-state index is 0.114. The largest absolute Gasteiger partial charge is 0.353 e. The van der Waals surface area contributed by atoms with Crippen molar-refractivity contribution < 1.29 is 4.92 Å². The van der Waals surface area contributed by atoms with Gasteiger partial charge in [-0.3, -0.25) is 20.0 Å². The summed E-state index contributed by atoms with van der Waals surface area (Å²) in [6, 6.07) is 24.5. The third-order valence-corrected chi connectivity index (χ3v) is 6.12. The van der Waals surface area contributed by atoms with Crippen LogP contribution in [0.15, 0.2) is 91.5 Å². The van der Waals surface area contributed by atoms with E-state index in [1.807, 2.05) is 17.0 Å². The SMILES string of the molecule is O=[N+]([O-])c1c(Nc2cccnc2)ncnc1N1CCN(C(c2ccccc2)c2ccccc2)CC1. The molecule has 9 nitrogen and oxygen atoms in total. The van der Waals surface area contributed by atoms with Gasteiger partial charge in [0.15, 0.2) is 0 Å². The fourth-order valence-electron chi connectivity index (χ4n) is 4.51. The highest BCUT2D eigenvalue weighted by molar-refractivity contribution is 5.74. The van der Waals surface area contributed by atoms with Crippen molar-refractivity contribution in [3.05, 3.63) is 113 Å². The van der Waals surface area contributed by atoms with Crippen molar-refractivity contribution in [3.8, 4) is 0 Å². The van der Waals surface area contributed by atoms with E-state index in [0.717, 1.165) is 13.1 Å². The van der Waals surface area contributed by atoms with Crippen LogP contribution in [0, 0.1) is 10.1 Å². The van der Waals surface area contributed by atoms with Crippen molar-refractivity contribution in [1.82, 2.24) is 19.9 Å². The van der Waals surface area contributed by atoms with Gasteiger partial charge in [-0.2, -0.15) is 0 Å². The van der Waals surface area contributed by atoms with Gasteiger partial charge in [-0.1, -0.05) is 60.7 Å². The Morgan fingerprint density at radius 3 is 2.09 bits per heavy atom. The Bertz CT molecular complexity index is 1230. The maximum atomic E-state index is 12.1. The van der Waals surface area contributed by atoms with Gasteiger partial charge >= 0.3 is 5.69 Å². The second-order valence-electron chi connectivity index (χ2n) is 8.27. The second kappa shape index (κ2) is 10.3. The molecule has 35 heavy (non-hydrogen) atoms. The molecule has 0 spiro atoms. The Morgan fingerprint density at radius 1 is 0.857 bits per heavy atom. The number of pyridine rings is 1. The molecule has 0 bridgehead atoms. The van der Waals surface area contributed by atoms with E-state index in [1.165, 1.54) is 17.5 Å². The van der Waals surface area contributed by atoms with Gasteiger partial charge < -0.3 is 10.2 Å². The highest BCUT2D eigenvalue weighted by atomic mass is 16.6. The summed E-state index contributed by atoms with van der Waals surface area (Å²) in [6.45, 7) is 2.70. The number of nitrogens with one attached hydrogen (secondary N) is 1. The molecule has 1 saturated heterocycles. The zero-order chi connectivity index (χ0) is 24.0. The van der Waals surface area contributed by atoms with E-state index < -0.39 is 4.92 Å². The monoisotopic (exact) mass is 467 g/mol. The first kappa shape index (κ1) is 22.4. The van der Waals surface area contributed by atoms with Crippen LogP contribution < -0.4 is 10.2 Å². The molecule has 5 rings (SSSR count). The average Bonchev–Trinajstić information content (AvgIpc) is 2.91. The number of aromatic nitrogens is 3. The molecule has 0 unspecified atom stereocenters. The van der Waals surface area contributed by atoms with Crippen molar-refractivity contribution in [2.24, 2.45) is 0 Å². The van der Waals surface area contributed by atoms with E-state index in [4.69, 9.17) is 0 Å². The molecule has 0 amide bonds. The number of piperazine rings is 1. The maximum absolute atomic E-state index is 12.1. The highest BCUT2D eigenvalue weighted by Gasteiger charge is 2.32. The van der Waals surface area contributed by atoms with Crippen molar-refractivity contribution in [2.45, 2.75) is 6.04 Å². The van der Waals surface area contributed by atoms with Crippen LogP contribution in [-0.4, -0.2) is 51.0 Å². The normalized spacial score (nSPS) is 14.1. The van der Waals surface area contributed by atoms with E-state index in [-0.39, 0.29) is 17.5 Å². The molecule has 1 N–H and O–H groups in total. The highest BCUT2D eigenvalue weighted by Crippen LogP contribution is 2.35. The van der Waals surface area contributed by atoms with Crippen molar-refractivity contribution in [2.75, 3.05) is 36.4 Å². The van der Waals surface area contributed by atoms with E-state index in [1.54, 1.807) is 24.5 Å². The predicted molar refractivity (Wildman–Crippen MR) is 135 cm³/mol. The zero-order valence-corrected chi connectivity index (χ0v) is 19.1. The second-order valence-corrected chi connectivity index (χ2v) is 8.27. The average molecular weight is 468 g/mol. The number of hydrogen-bond donors (Lipinski definition) is 1. The molecule has 2 aromatic heterocycles. The fourth-order valence-corrected chi connectivity index (χ4v) is 4.51. The Kier molecular flexibility index (Phi) is 6.58. The minimum atomic E-state index is -0.419. The van der Waals surface area contributed by atoms with Crippen molar-refractivity contribution in [1.29, 1.82) is 0 Å². The lowest BCUT2D eigenvalue weighted by Crippen LogP contribution is -2.48. The molecule has 9 heteroatoms. The first-order chi connectivity index (χ1) is 17.2.